The number of fused-ring (bicyclic) bond motifs is 1. The highest BCUT2D eigenvalue weighted by Gasteiger charge is 2.31. The quantitative estimate of drug-likeness (QED) is 0.316. The van der Waals surface area contributed by atoms with Crippen LogP contribution in [0.5, 0.6) is 0 Å². The van der Waals surface area contributed by atoms with Crippen molar-refractivity contribution in [2.24, 2.45) is 17.8 Å². The Morgan fingerprint density at radius 3 is 2.09 bits per heavy atom. The summed E-state index contributed by atoms with van der Waals surface area (Å²) in [6, 6.07) is 10.8. The summed E-state index contributed by atoms with van der Waals surface area (Å²) < 4.78 is 15.0. The fourth-order valence-corrected chi connectivity index (χ4v) is 6.92. The number of rotatable bonds is 10. The smallest absolute Gasteiger partial charge is 0.134 e. The summed E-state index contributed by atoms with van der Waals surface area (Å²) in [5.74, 6) is 3.66. The summed E-state index contributed by atoms with van der Waals surface area (Å²) in [7, 11) is 0. The van der Waals surface area contributed by atoms with Gasteiger partial charge in [-0.25, -0.2) is 4.39 Å². The van der Waals surface area contributed by atoms with Crippen LogP contribution >= 0.6 is 0 Å². The molecule has 2 aliphatic carbocycles. The van der Waals surface area contributed by atoms with Crippen LogP contribution in [-0.2, 0) is 6.42 Å². The standard InChI is InChI=1S/C32H47F/c1-3-5-7-9-24-11-13-25(14-12-24)26-15-17-27(18-16-26)29-21-22-31-30(23-29)20-19-28(32(31)33)10-8-6-4-2/h19-27H,3-18H2,1-2H3. The van der Waals surface area contributed by atoms with Crippen LogP contribution in [0.2, 0.25) is 0 Å². The molecule has 0 N–H and O–H groups in total. The topological polar surface area (TPSA) is 0 Å². The van der Waals surface area contributed by atoms with E-state index < -0.39 is 0 Å². The highest BCUT2D eigenvalue weighted by atomic mass is 19.1. The zero-order valence-electron chi connectivity index (χ0n) is 21.4. The van der Waals surface area contributed by atoms with Crippen LogP contribution in [0.15, 0.2) is 30.3 Å². The zero-order valence-corrected chi connectivity index (χ0v) is 21.4. The lowest BCUT2D eigenvalue weighted by Crippen LogP contribution is -2.25. The number of hydrogen-bond acceptors (Lipinski definition) is 0. The van der Waals surface area contributed by atoms with Gasteiger partial charge in [0.15, 0.2) is 0 Å². The zero-order chi connectivity index (χ0) is 23.0. The second-order valence-electron chi connectivity index (χ2n) is 11.4. The number of halogens is 1. The van der Waals surface area contributed by atoms with Gasteiger partial charge in [-0.05, 0) is 91.6 Å². The van der Waals surface area contributed by atoms with Gasteiger partial charge >= 0.3 is 0 Å². The van der Waals surface area contributed by atoms with E-state index in [1.54, 1.807) is 0 Å². The maximum absolute atomic E-state index is 15.0. The number of aryl methyl sites for hydroxylation is 1. The number of hydrogen-bond donors (Lipinski definition) is 0. The summed E-state index contributed by atoms with van der Waals surface area (Å²) >= 11 is 0. The van der Waals surface area contributed by atoms with Crippen LogP contribution in [0.4, 0.5) is 4.39 Å². The van der Waals surface area contributed by atoms with E-state index in [9.17, 15) is 0 Å². The van der Waals surface area contributed by atoms with Crippen molar-refractivity contribution in [3.05, 3.63) is 47.3 Å². The molecule has 0 atom stereocenters. The first-order valence-corrected chi connectivity index (χ1v) is 14.4. The van der Waals surface area contributed by atoms with Crippen LogP contribution in [0.25, 0.3) is 10.8 Å². The molecule has 4 rings (SSSR count). The molecular weight excluding hydrogens is 403 g/mol. The van der Waals surface area contributed by atoms with Crippen molar-refractivity contribution in [1.29, 1.82) is 0 Å². The van der Waals surface area contributed by atoms with Crippen molar-refractivity contribution in [3.8, 4) is 0 Å². The van der Waals surface area contributed by atoms with E-state index in [2.05, 4.69) is 38.1 Å². The third-order valence-corrected chi connectivity index (χ3v) is 9.13. The molecule has 0 unspecified atom stereocenters. The van der Waals surface area contributed by atoms with E-state index in [1.165, 1.54) is 95.5 Å². The van der Waals surface area contributed by atoms with Crippen LogP contribution in [0.1, 0.15) is 127 Å². The van der Waals surface area contributed by atoms with Crippen molar-refractivity contribution in [2.75, 3.05) is 0 Å². The Hall–Kier alpha value is -1.37. The lowest BCUT2D eigenvalue weighted by atomic mass is 9.68. The van der Waals surface area contributed by atoms with Crippen LogP contribution < -0.4 is 0 Å². The third-order valence-electron chi connectivity index (χ3n) is 9.13. The Bertz CT molecular complexity index is 852. The van der Waals surface area contributed by atoms with Gasteiger partial charge in [-0.3, -0.25) is 0 Å². The average Bonchev–Trinajstić information content (AvgIpc) is 2.86. The summed E-state index contributed by atoms with van der Waals surface area (Å²) in [5, 5.41) is 1.91. The van der Waals surface area contributed by atoms with Gasteiger partial charge in [0, 0.05) is 5.39 Å². The maximum Gasteiger partial charge on any atom is 0.134 e. The molecule has 0 bridgehead atoms. The molecule has 2 aliphatic rings. The van der Waals surface area contributed by atoms with E-state index in [0.717, 1.165) is 46.9 Å². The Kier molecular flexibility index (Phi) is 9.27. The van der Waals surface area contributed by atoms with Gasteiger partial charge in [0.25, 0.3) is 0 Å². The SMILES string of the molecule is CCCCCc1ccc2cc(C3CCC(C4CCC(CCCCC)CC4)CC3)ccc2c1F. The molecule has 0 nitrogen and oxygen atoms in total. The largest absolute Gasteiger partial charge is 0.206 e. The van der Waals surface area contributed by atoms with Gasteiger partial charge in [-0.1, -0.05) is 95.5 Å². The van der Waals surface area contributed by atoms with Gasteiger partial charge in [0.05, 0.1) is 0 Å². The molecule has 2 aromatic rings. The lowest BCUT2D eigenvalue weighted by molar-refractivity contribution is 0.155. The first-order valence-electron chi connectivity index (χ1n) is 14.4. The van der Waals surface area contributed by atoms with Crippen molar-refractivity contribution in [3.63, 3.8) is 0 Å². The van der Waals surface area contributed by atoms with Crippen LogP contribution in [0.3, 0.4) is 0 Å². The molecule has 0 aliphatic heterocycles. The fourth-order valence-electron chi connectivity index (χ4n) is 6.92. The normalized spacial score (nSPS) is 26.0. The first kappa shape index (κ1) is 24.7. The number of benzene rings is 2. The maximum atomic E-state index is 15.0. The predicted octanol–water partition coefficient (Wildman–Crippen LogP) is 10.4. The van der Waals surface area contributed by atoms with E-state index in [1.807, 2.05) is 6.07 Å². The first-order chi connectivity index (χ1) is 16.2. The summed E-state index contributed by atoms with van der Waals surface area (Å²) in [4.78, 5) is 0. The summed E-state index contributed by atoms with van der Waals surface area (Å²) in [5.41, 5.74) is 2.34. The fraction of sp³-hybridized carbons (Fsp3) is 0.688. The van der Waals surface area contributed by atoms with Gasteiger partial charge in [0.2, 0.25) is 0 Å². The van der Waals surface area contributed by atoms with Gasteiger partial charge in [-0.2, -0.15) is 0 Å². The van der Waals surface area contributed by atoms with E-state index in [0.29, 0.717) is 5.92 Å². The Labute approximate surface area is 202 Å². The van der Waals surface area contributed by atoms with Gasteiger partial charge in [-0.15, -0.1) is 0 Å². The second-order valence-corrected chi connectivity index (χ2v) is 11.4. The molecule has 0 aromatic heterocycles. The van der Waals surface area contributed by atoms with Gasteiger partial charge < -0.3 is 0 Å². The lowest BCUT2D eigenvalue weighted by Gasteiger charge is -2.38. The Morgan fingerprint density at radius 2 is 1.39 bits per heavy atom. The third kappa shape index (κ3) is 6.40. The van der Waals surface area contributed by atoms with Crippen LogP contribution in [0, 0.1) is 23.6 Å². The molecule has 0 spiro atoms. The molecule has 1 heteroatoms. The minimum Gasteiger partial charge on any atom is -0.206 e. The van der Waals surface area contributed by atoms with Crippen molar-refractivity contribution in [2.45, 2.75) is 122 Å². The minimum absolute atomic E-state index is 0.0177. The average molecular weight is 451 g/mol. The van der Waals surface area contributed by atoms with Crippen molar-refractivity contribution >= 4 is 10.8 Å². The van der Waals surface area contributed by atoms with E-state index in [4.69, 9.17) is 0 Å². The summed E-state index contributed by atoms with van der Waals surface area (Å²) in [6.45, 7) is 4.51. The van der Waals surface area contributed by atoms with E-state index in [-0.39, 0.29) is 5.82 Å². The molecule has 2 fully saturated rings. The molecule has 33 heavy (non-hydrogen) atoms. The van der Waals surface area contributed by atoms with Gasteiger partial charge in [0.1, 0.15) is 5.82 Å². The highest BCUT2D eigenvalue weighted by molar-refractivity contribution is 5.84. The highest BCUT2D eigenvalue weighted by Crippen LogP contribution is 2.45. The Balaban J connectivity index is 1.29. The predicted molar refractivity (Wildman–Crippen MR) is 141 cm³/mol. The molecule has 0 heterocycles. The monoisotopic (exact) mass is 450 g/mol. The molecule has 2 saturated carbocycles. The molecule has 182 valence electrons. The molecule has 0 amide bonds. The van der Waals surface area contributed by atoms with Crippen molar-refractivity contribution < 1.29 is 4.39 Å². The molecule has 0 radical (unpaired) electrons. The summed E-state index contributed by atoms with van der Waals surface area (Å²) in [6.07, 6.45) is 21.4. The van der Waals surface area contributed by atoms with E-state index >= 15 is 4.39 Å². The molecular formula is C32H47F. The molecule has 2 aromatic carbocycles. The Morgan fingerprint density at radius 1 is 0.727 bits per heavy atom. The van der Waals surface area contributed by atoms with Crippen molar-refractivity contribution in [1.82, 2.24) is 0 Å². The minimum atomic E-state index is 0.0177. The van der Waals surface area contributed by atoms with Crippen LogP contribution in [-0.4, -0.2) is 0 Å². The number of unbranched alkanes of at least 4 members (excludes halogenated alkanes) is 4. The molecule has 0 saturated heterocycles. The second kappa shape index (κ2) is 12.4.